The van der Waals surface area contributed by atoms with Crippen LogP contribution in [0.25, 0.3) is 0 Å². The molecule has 0 saturated carbocycles. The molecule has 0 aromatic heterocycles. The van der Waals surface area contributed by atoms with E-state index in [2.05, 4.69) is 12.2 Å². The zero-order valence-electron chi connectivity index (χ0n) is 12.9. The number of carbonyl (C=O) groups excluding carboxylic acids is 1. The first kappa shape index (κ1) is 18.4. The molecular formula is C15H31NO3. The van der Waals surface area contributed by atoms with Crippen molar-refractivity contribution in [2.24, 2.45) is 0 Å². The van der Waals surface area contributed by atoms with Gasteiger partial charge in [0.05, 0.1) is 7.11 Å². The van der Waals surface area contributed by atoms with Gasteiger partial charge in [0.2, 0.25) is 0 Å². The van der Waals surface area contributed by atoms with Gasteiger partial charge in [0.15, 0.2) is 0 Å². The Bertz CT molecular complexity index is 210. The van der Waals surface area contributed by atoms with Crippen LogP contribution in [0.5, 0.6) is 0 Å². The molecule has 114 valence electrons. The summed E-state index contributed by atoms with van der Waals surface area (Å²) in [5.74, 6) is -0.204. The predicted octanol–water partition coefficient (Wildman–Crippen LogP) is 2.90. The van der Waals surface area contributed by atoms with Crippen molar-refractivity contribution in [1.29, 1.82) is 0 Å². The zero-order valence-corrected chi connectivity index (χ0v) is 12.9. The molecule has 0 aromatic rings. The van der Waals surface area contributed by atoms with E-state index in [1.807, 2.05) is 6.92 Å². The number of esters is 1. The minimum absolute atomic E-state index is 0.204. The van der Waals surface area contributed by atoms with E-state index in [4.69, 9.17) is 9.47 Å². The summed E-state index contributed by atoms with van der Waals surface area (Å²) in [6, 6.07) is -0.237. The Labute approximate surface area is 118 Å². The van der Waals surface area contributed by atoms with E-state index in [0.717, 1.165) is 19.6 Å². The summed E-state index contributed by atoms with van der Waals surface area (Å²) in [6.07, 6.45) is 8.30. The lowest BCUT2D eigenvalue weighted by atomic mass is 10.1. The van der Waals surface area contributed by atoms with Crippen LogP contribution in [0.2, 0.25) is 0 Å². The first-order valence-electron chi connectivity index (χ1n) is 7.65. The summed E-state index contributed by atoms with van der Waals surface area (Å²) in [5, 5.41) is 3.10. The molecule has 4 heteroatoms. The smallest absolute Gasteiger partial charge is 0.322 e. The van der Waals surface area contributed by atoms with Crippen LogP contribution >= 0.6 is 0 Å². The van der Waals surface area contributed by atoms with Crippen molar-refractivity contribution < 1.29 is 14.3 Å². The van der Waals surface area contributed by atoms with Gasteiger partial charge in [-0.2, -0.15) is 0 Å². The van der Waals surface area contributed by atoms with Gasteiger partial charge in [-0.25, -0.2) is 0 Å². The molecule has 0 heterocycles. The highest BCUT2D eigenvalue weighted by atomic mass is 16.5. The molecule has 1 unspecified atom stereocenters. The molecule has 0 spiro atoms. The fourth-order valence-corrected chi connectivity index (χ4v) is 1.98. The molecule has 0 rings (SSSR count). The molecule has 0 radical (unpaired) electrons. The maximum Gasteiger partial charge on any atom is 0.322 e. The van der Waals surface area contributed by atoms with E-state index in [1.165, 1.54) is 39.2 Å². The summed E-state index contributed by atoms with van der Waals surface area (Å²) < 4.78 is 10.3. The number of hydrogen-bond acceptors (Lipinski definition) is 4. The maximum atomic E-state index is 11.4. The van der Waals surface area contributed by atoms with Crippen molar-refractivity contribution in [3.05, 3.63) is 0 Å². The van der Waals surface area contributed by atoms with Crippen LogP contribution in [-0.2, 0) is 14.3 Å². The number of nitrogens with one attached hydrogen (secondary N) is 1. The van der Waals surface area contributed by atoms with E-state index in [0.29, 0.717) is 13.0 Å². The van der Waals surface area contributed by atoms with Crippen LogP contribution < -0.4 is 5.32 Å². The lowest BCUT2D eigenvalue weighted by Gasteiger charge is -2.15. The van der Waals surface area contributed by atoms with E-state index >= 15 is 0 Å². The van der Waals surface area contributed by atoms with Crippen molar-refractivity contribution in [2.45, 2.75) is 64.8 Å². The van der Waals surface area contributed by atoms with Gasteiger partial charge in [0.25, 0.3) is 0 Å². The average Bonchev–Trinajstić information content (AvgIpc) is 2.43. The largest absolute Gasteiger partial charge is 0.468 e. The Morgan fingerprint density at radius 1 is 1.05 bits per heavy atom. The van der Waals surface area contributed by atoms with E-state index in [1.54, 1.807) is 0 Å². The van der Waals surface area contributed by atoms with Crippen LogP contribution in [0.1, 0.15) is 58.8 Å². The van der Waals surface area contributed by atoms with E-state index in [-0.39, 0.29) is 12.0 Å². The summed E-state index contributed by atoms with van der Waals surface area (Å²) in [5.41, 5.74) is 0. The predicted molar refractivity (Wildman–Crippen MR) is 78.3 cm³/mol. The minimum Gasteiger partial charge on any atom is -0.468 e. The molecule has 1 N–H and O–H groups in total. The Hall–Kier alpha value is -0.610. The van der Waals surface area contributed by atoms with Gasteiger partial charge in [0, 0.05) is 13.2 Å². The Kier molecular flexibility index (Phi) is 13.4. The highest BCUT2D eigenvalue weighted by Gasteiger charge is 2.16. The second-order valence-electron chi connectivity index (χ2n) is 4.80. The Morgan fingerprint density at radius 2 is 1.74 bits per heavy atom. The average molecular weight is 273 g/mol. The molecule has 19 heavy (non-hydrogen) atoms. The second-order valence-corrected chi connectivity index (χ2v) is 4.80. The quantitative estimate of drug-likeness (QED) is 0.414. The van der Waals surface area contributed by atoms with Gasteiger partial charge in [0.1, 0.15) is 6.04 Å². The fourth-order valence-electron chi connectivity index (χ4n) is 1.98. The third-order valence-electron chi connectivity index (χ3n) is 3.13. The van der Waals surface area contributed by atoms with Crippen LogP contribution in [0.15, 0.2) is 0 Å². The Balaban J connectivity index is 3.42. The standard InChI is InChI=1S/C15H31NO3/c1-4-6-7-8-9-10-12-19-13-11-14(16-5-2)15(17)18-3/h14,16H,4-13H2,1-3H3. The number of rotatable bonds is 13. The molecule has 0 aliphatic carbocycles. The first-order chi connectivity index (χ1) is 9.26. The second kappa shape index (κ2) is 13.8. The molecule has 0 aliphatic heterocycles. The molecule has 0 amide bonds. The van der Waals surface area contributed by atoms with Gasteiger partial charge in [-0.3, -0.25) is 4.79 Å². The van der Waals surface area contributed by atoms with Crippen LogP contribution in [0.4, 0.5) is 0 Å². The summed E-state index contributed by atoms with van der Waals surface area (Å²) in [4.78, 5) is 11.4. The summed E-state index contributed by atoms with van der Waals surface area (Å²) in [6.45, 7) is 6.38. The van der Waals surface area contributed by atoms with Crippen LogP contribution in [0.3, 0.4) is 0 Å². The van der Waals surface area contributed by atoms with Gasteiger partial charge in [-0.15, -0.1) is 0 Å². The van der Waals surface area contributed by atoms with Crippen LogP contribution in [0, 0.1) is 0 Å². The van der Waals surface area contributed by atoms with Gasteiger partial charge in [-0.1, -0.05) is 46.0 Å². The summed E-state index contributed by atoms with van der Waals surface area (Å²) in [7, 11) is 1.42. The highest BCUT2D eigenvalue weighted by Crippen LogP contribution is 2.05. The van der Waals surface area contributed by atoms with Crippen molar-refractivity contribution in [1.82, 2.24) is 5.32 Å². The number of carbonyl (C=O) groups is 1. The number of likely N-dealkylation sites (N-methyl/N-ethyl adjacent to an activating group) is 1. The lowest BCUT2D eigenvalue weighted by molar-refractivity contribution is -0.143. The highest BCUT2D eigenvalue weighted by molar-refractivity contribution is 5.75. The number of ether oxygens (including phenoxy) is 2. The SMILES string of the molecule is CCCCCCCCOCCC(NCC)C(=O)OC. The topological polar surface area (TPSA) is 47.6 Å². The van der Waals surface area contributed by atoms with Crippen LogP contribution in [-0.4, -0.2) is 38.9 Å². The molecule has 0 saturated heterocycles. The van der Waals surface area contributed by atoms with Gasteiger partial charge < -0.3 is 14.8 Å². The van der Waals surface area contributed by atoms with E-state index in [9.17, 15) is 4.79 Å². The number of methoxy groups -OCH3 is 1. The molecular weight excluding hydrogens is 242 g/mol. The number of unbranched alkanes of at least 4 members (excludes halogenated alkanes) is 5. The lowest BCUT2D eigenvalue weighted by Crippen LogP contribution is -2.38. The molecule has 1 atom stereocenters. The van der Waals surface area contributed by atoms with Crippen molar-refractivity contribution in [3.63, 3.8) is 0 Å². The fraction of sp³-hybridized carbons (Fsp3) is 0.933. The molecule has 0 bridgehead atoms. The normalized spacial score (nSPS) is 12.4. The van der Waals surface area contributed by atoms with Gasteiger partial charge >= 0.3 is 5.97 Å². The Morgan fingerprint density at radius 3 is 2.37 bits per heavy atom. The molecule has 0 aromatic carbocycles. The van der Waals surface area contributed by atoms with Crippen molar-refractivity contribution in [2.75, 3.05) is 26.9 Å². The third-order valence-corrected chi connectivity index (χ3v) is 3.13. The monoisotopic (exact) mass is 273 g/mol. The van der Waals surface area contributed by atoms with Gasteiger partial charge in [-0.05, 0) is 19.4 Å². The van der Waals surface area contributed by atoms with E-state index < -0.39 is 0 Å². The molecule has 0 fully saturated rings. The maximum absolute atomic E-state index is 11.4. The third kappa shape index (κ3) is 11.0. The molecule has 4 nitrogen and oxygen atoms in total. The molecule has 0 aliphatic rings. The summed E-state index contributed by atoms with van der Waals surface area (Å²) >= 11 is 0. The zero-order chi connectivity index (χ0) is 14.3. The minimum atomic E-state index is -0.237. The van der Waals surface area contributed by atoms with Crippen molar-refractivity contribution >= 4 is 5.97 Å². The first-order valence-corrected chi connectivity index (χ1v) is 7.65. The van der Waals surface area contributed by atoms with Crippen molar-refractivity contribution in [3.8, 4) is 0 Å². The number of hydrogen-bond donors (Lipinski definition) is 1.